The van der Waals surface area contributed by atoms with E-state index in [9.17, 15) is 5.11 Å². The van der Waals surface area contributed by atoms with E-state index in [0.717, 1.165) is 13.0 Å². The molecule has 3 aliphatic rings. The number of nitrogens with zero attached hydrogens (tertiary/aromatic N) is 1. The van der Waals surface area contributed by atoms with Gasteiger partial charge in [0.2, 0.25) is 0 Å². The highest BCUT2D eigenvalue weighted by Crippen LogP contribution is 2.42. The van der Waals surface area contributed by atoms with Gasteiger partial charge in [-0.25, -0.2) is 0 Å². The highest BCUT2D eigenvalue weighted by atomic mass is 16.5. The Morgan fingerprint density at radius 1 is 1.14 bits per heavy atom. The second-order valence-corrected chi connectivity index (χ2v) is 7.71. The number of hydrogen-bond donors (Lipinski definition) is 1. The smallest absolute Gasteiger partial charge is 0.0697 e. The maximum Gasteiger partial charge on any atom is 0.0697 e. The van der Waals surface area contributed by atoms with Crippen LogP contribution in [-0.4, -0.2) is 46.9 Å². The van der Waals surface area contributed by atoms with Crippen LogP contribution in [0.5, 0.6) is 0 Å². The molecule has 3 nitrogen and oxygen atoms in total. The lowest BCUT2D eigenvalue weighted by atomic mass is 9.87. The number of likely N-dealkylation sites (tertiary alicyclic amines) is 1. The molecule has 2 saturated heterocycles. The first-order valence-corrected chi connectivity index (χ1v) is 9.26. The number of rotatable bonds is 3. The summed E-state index contributed by atoms with van der Waals surface area (Å²) in [6.07, 6.45) is 13.8. The van der Waals surface area contributed by atoms with Gasteiger partial charge < -0.3 is 9.84 Å². The average Bonchev–Trinajstić information content (AvgIpc) is 2.76. The van der Waals surface area contributed by atoms with Crippen LogP contribution in [0.4, 0.5) is 0 Å². The van der Waals surface area contributed by atoms with E-state index < -0.39 is 0 Å². The summed E-state index contributed by atoms with van der Waals surface area (Å²) in [4.78, 5) is 2.77. The summed E-state index contributed by atoms with van der Waals surface area (Å²) in [5, 5.41) is 9.87. The van der Waals surface area contributed by atoms with Crippen LogP contribution < -0.4 is 0 Å². The number of aliphatic hydroxyl groups excluding tert-OH is 1. The van der Waals surface area contributed by atoms with E-state index in [2.05, 4.69) is 4.90 Å². The van der Waals surface area contributed by atoms with E-state index in [-0.39, 0.29) is 11.7 Å². The monoisotopic (exact) mass is 295 g/mol. The van der Waals surface area contributed by atoms with Crippen LogP contribution in [0, 0.1) is 0 Å². The molecule has 3 unspecified atom stereocenters. The van der Waals surface area contributed by atoms with Crippen molar-refractivity contribution < 1.29 is 9.84 Å². The van der Waals surface area contributed by atoms with E-state index >= 15 is 0 Å². The molecule has 1 saturated carbocycles. The molecule has 0 bridgehead atoms. The molecule has 2 aliphatic heterocycles. The normalized spacial score (nSPS) is 35.7. The largest absolute Gasteiger partial charge is 0.393 e. The fourth-order valence-electron chi connectivity index (χ4n) is 4.98. The molecule has 0 aromatic heterocycles. The molecule has 2 heterocycles. The van der Waals surface area contributed by atoms with Crippen LogP contribution in [0.1, 0.15) is 77.6 Å². The second kappa shape index (κ2) is 6.97. The highest BCUT2D eigenvalue weighted by Gasteiger charge is 2.42. The molecule has 3 rings (SSSR count). The van der Waals surface area contributed by atoms with Crippen LogP contribution in [0.25, 0.3) is 0 Å². The Labute approximate surface area is 130 Å². The lowest BCUT2D eigenvalue weighted by Crippen LogP contribution is -2.51. The standard InChI is InChI=1S/C18H33NO2/c1-15(20)13-16-7-3-2-6-11-19(16)17-8-12-21-18(14-17)9-4-5-10-18/h15-17,20H,2-14H2,1H3. The Morgan fingerprint density at radius 2 is 1.95 bits per heavy atom. The third kappa shape index (κ3) is 3.80. The zero-order chi connectivity index (χ0) is 14.7. The molecule has 0 aromatic carbocycles. The average molecular weight is 295 g/mol. The summed E-state index contributed by atoms with van der Waals surface area (Å²) in [6.45, 7) is 4.13. The second-order valence-electron chi connectivity index (χ2n) is 7.71. The van der Waals surface area contributed by atoms with Crippen LogP contribution in [0.3, 0.4) is 0 Å². The summed E-state index contributed by atoms with van der Waals surface area (Å²) in [6, 6.07) is 1.28. The molecule has 3 fully saturated rings. The molecule has 0 aromatic rings. The lowest BCUT2D eigenvalue weighted by Gasteiger charge is -2.45. The molecule has 21 heavy (non-hydrogen) atoms. The van der Waals surface area contributed by atoms with E-state index in [1.807, 2.05) is 6.92 Å². The molecule has 0 radical (unpaired) electrons. The number of ether oxygens (including phenoxy) is 1. The van der Waals surface area contributed by atoms with Gasteiger partial charge in [0.25, 0.3) is 0 Å². The topological polar surface area (TPSA) is 32.7 Å². The van der Waals surface area contributed by atoms with Crippen LogP contribution in [0.2, 0.25) is 0 Å². The third-order valence-electron chi connectivity index (χ3n) is 5.99. The van der Waals surface area contributed by atoms with Crippen molar-refractivity contribution in [3.63, 3.8) is 0 Å². The Bertz CT molecular complexity index is 325. The Hall–Kier alpha value is -0.120. The SMILES string of the molecule is CC(O)CC1CCCCCN1C1CCOC2(CCCC2)C1. The summed E-state index contributed by atoms with van der Waals surface area (Å²) in [7, 11) is 0. The predicted octanol–water partition coefficient (Wildman–Crippen LogP) is 3.49. The van der Waals surface area contributed by atoms with Gasteiger partial charge in [0.15, 0.2) is 0 Å². The van der Waals surface area contributed by atoms with Gasteiger partial charge in [-0.3, -0.25) is 4.90 Å². The maximum atomic E-state index is 9.87. The van der Waals surface area contributed by atoms with Crippen molar-refractivity contribution in [3.05, 3.63) is 0 Å². The van der Waals surface area contributed by atoms with Gasteiger partial charge in [-0.15, -0.1) is 0 Å². The highest BCUT2D eigenvalue weighted by molar-refractivity contribution is 4.96. The van der Waals surface area contributed by atoms with Crippen molar-refractivity contribution in [2.75, 3.05) is 13.2 Å². The van der Waals surface area contributed by atoms with E-state index in [1.54, 1.807) is 0 Å². The van der Waals surface area contributed by atoms with Gasteiger partial charge in [-0.1, -0.05) is 25.7 Å². The van der Waals surface area contributed by atoms with Crippen molar-refractivity contribution >= 4 is 0 Å². The van der Waals surface area contributed by atoms with E-state index in [1.165, 1.54) is 70.8 Å². The molecule has 122 valence electrons. The Kier molecular flexibility index (Phi) is 5.23. The first kappa shape index (κ1) is 15.8. The van der Waals surface area contributed by atoms with Gasteiger partial charge in [-0.2, -0.15) is 0 Å². The van der Waals surface area contributed by atoms with Crippen molar-refractivity contribution in [3.8, 4) is 0 Å². The zero-order valence-corrected chi connectivity index (χ0v) is 13.7. The van der Waals surface area contributed by atoms with Gasteiger partial charge in [0.1, 0.15) is 0 Å². The summed E-state index contributed by atoms with van der Waals surface area (Å²) < 4.78 is 6.22. The van der Waals surface area contributed by atoms with Gasteiger partial charge >= 0.3 is 0 Å². The summed E-state index contributed by atoms with van der Waals surface area (Å²) >= 11 is 0. The maximum absolute atomic E-state index is 9.87. The molecular weight excluding hydrogens is 262 g/mol. The summed E-state index contributed by atoms with van der Waals surface area (Å²) in [5.74, 6) is 0. The van der Waals surface area contributed by atoms with Crippen molar-refractivity contribution in [2.45, 2.75) is 101 Å². The Balaban J connectivity index is 1.68. The minimum atomic E-state index is -0.170. The lowest BCUT2D eigenvalue weighted by molar-refractivity contribution is -0.108. The minimum Gasteiger partial charge on any atom is -0.393 e. The van der Waals surface area contributed by atoms with Gasteiger partial charge in [0, 0.05) is 18.7 Å². The fraction of sp³-hybridized carbons (Fsp3) is 1.00. The number of aliphatic hydroxyl groups is 1. The van der Waals surface area contributed by atoms with Crippen molar-refractivity contribution in [2.24, 2.45) is 0 Å². The fourth-order valence-corrected chi connectivity index (χ4v) is 4.98. The Morgan fingerprint density at radius 3 is 2.71 bits per heavy atom. The molecule has 0 amide bonds. The van der Waals surface area contributed by atoms with Crippen molar-refractivity contribution in [1.29, 1.82) is 0 Å². The third-order valence-corrected chi connectivity index (χ3v) is 5.99. The van der Waals surface area contributed by atoms with Gasteiger partial charge in [-0.05, 0) is 58.4 Å². The van der Waals surface area contributed by atoms with Crippen LogP contribution in [0.15, 0.2) is 0 Å². The molecular formula is C18H33NO2. The van der Waals surface area contributed by atoms with E-state index in [0.29, 0.717) is 12.1 Å². The molecule has 3 atom stereocenters. The zero-order valence-electron chi connectivity index (χ0n) is 13.7. The molecule has 3 heteroatoms. The minimum absolute atomic E-state index is 0.170. The first-order chi connectivity index (χ1) is 10.2. The van der Waals surface area contributed by atoms with Crippen LogP contribution in [-0.2, 0) is 4.74 Å². The van der Waals surface area contributed by atoms with Crippen LogP contribution >= 0.6 is 0 Å². The first-order valence-electron chi connectivity index (χ1n) is 9.26. The quantitative estimate of drug-likeness (QED) is 0.865. The summed E-state index contributed by atoms with van der Waals surface area (Å²) in [5.41, 5.74) is 0.213. The number of hydrogen-bond acceptors (Lipinski definition) is 3. The van der Waals surface area contributed by atoms with Gasteiger partial charge in [0.05, 0.1) is 11.7 Å². The van der Waals surface area contributed by atoms with E-state index in [4.69, 9.17) is 4.74 Å². The molecule has 1 aliphatic carbocycles. The molecule has 1 spiro atoms. The predicted molar refractivity (Wildman–Crippen MR) is 85.4 cm³/mol. The molecule has 1 N–H and O–H groups in total. The van der Waals surface area contributed by atoms with Crippen molar-refractivity contribution in [1.82, 2.24) is 4.90 Å².